The van der Waals surface area contributed by atoms with Crippen LogP contribution in [0.25, 0.3) is 49.7 Å². The lowest BCUT2D eigenvalue weighted by Crippen LogP contribution is -2.36. The van der Waals surface area contributed by atoms with Crippen molar-refractivity contribution in [3.8, 4) is 27.9 Å². The van der Waals surface area contributed by atoms with E-state index in [1.54, 1.807) is 0 Å². The predicted octanol–water partition coefficient (Wildman–Crippen LogP) is 13.4. The Morgan fingerprint density at radius 1 is 0.327 bits per heavy atom. The van der Waals surface area contributed by atoms with E-state index in [0.29, 0.717) is 0 Å². The van der Waals surface area contributed by atoms with E-state index in [4.69, 9.17) is 0 Å². The third kappa shape index (κ3) is 4.33. The summed E-state index contributed by atoms with van der Waals surface area (Å²) in [7, 11) is 0. The maximum Gasteiger partial charge on any atom is 0.0745 e. The largest absolute Gasteiger partial charge is 0.309 e. The van der Waals surface area contributed by atoms with Gasteiger partial charge in [0.05, 0.1) is 16.4 Å². The summed E-state index contributed by atoms with van der Waals surface area (Å²) >= 11 is 3.80. The maximum atomic E-state index is 2.47. The minimum Gasteiger partial charge on any atom is -0.309 e. The number of fused-ring (bicyclic) bond motifs is 11. The number of rotatable bonds is 3. The Hall–Kier alpha value is -5.74. The zero-order valence-corrected chi connectivity index (χ0v) is 29.8. The molecule has 0 radical (unpaired) electrons. The van der Waals surface area contributed by atoms with E-state index in [-0.39, 0.29) is 0 Å². The van der Waals surface area contributed by atoms with E-state index in [1.165, 1.54) is 91.6 Å². The van der Waals surface area contributed by atoms with Crippen LogP contribution < -0.4 is 0 Å². The molecule has 1 aromatic heterocycles. The summed E-state index contributed by atoms with van der Waals surface area (Å²) in [4.78, 5) is 5.25. The molecular weight excluding hydrogens is 667 g/mol. The van der Waals surface area contributed by atoms with Crippen LogP contribution in [0.2, 0.25) is 0 Å². The summed E-state index contributed by atoms with van der Waals surface area (Å²) in [6.07, 6.45) is 0. The second kappa shape index (κ2) is 11.6. The molecule has 2 aliphatic rings. The topological polar surface area (TPSA) is 4.93 Å². The Bertz CT molecular complexity index is 2810. The molecule has 0 atom stereocenters. The summed E-state index contributed by atoms with van der Waals surface area (Å²) in [6.45, 7) is 0. The van der Waals surface area contributed by atoms with Gasteiger partial charge in [-0.25, -0.2) is 0 Å². The first kappa shape index (κ1) is 29.9. The second-order valence-corrected chi connectivity index (χ2v) is 15.8. The monoisotopic (exact) mass is 697 g/mol. The molecule has 52 heavy (non-hydrogen) atoms. The molecule has 3 heterocycles. The molecule has 0 saturated heterocycles. The van der Waals surface area contributed by atoms with Gasteiger partial charge >= 0.3 is 0 Å². The first-order chi connectivity index (χ1) is 25.8. The van der Waals surface area contributed by atoms with Crippen LogP contribution in [0.4, 0.5) is 0 Å². The van der Waals surface area contributed by atoms with Gasteiger partial charge < -0.3 is 4.57 Å². The Morgan fingerprint density at radius 2 is 0.865 bits per heavy atom. The van der Waals surface area contributed by atoms with Crippen molar-refractivity contribution >= 4 is 45.3 Å². The minimum absolute atomic E-state index is 0.457. The molecule has 0 bridgehead atoms. The van der Waals surface area contributed by atoms with Crippen molar-refractivity contribution in [2.45, 2.75) is 25.0 Å². The first-order valence-electron chi connectivity index (χ1n) is 17.8. The zero-order valence-electron chi connectivity index (χ0n) is 28.2. The molecule has 0 saturated carbocycles. The van der Waals surface area contributed by atoms with Crippen LogP contribution in [-0.2, 0) is 5.41 Å². The number of para-hydroxylation sites is 2. The fourth-order valence-corrected chi connectivity index (χ4v) is 11.1. The fourth-order valence-electron chi connectivity index (χ4n) is 8.66. The number of hydrogen-bond donors (Lipinski definition) is 0. The zero-order chi connectivity index (χ0) is 34.2. The third-order valence-corrected chi connectivity index (χ3v) is 13.2. The Kier molecular flexibility index (Phi) is 6.70. The van der Waals surface area contributed by atoms with Crippen molar-refractivity contribution in [1.29, 1.82) is 0 Å². The molecule has 11 rings (SSSR count). The van der Waals surface area contributed by atoms with Crippen LogP contribution >= 0.6 is 23.5 Å². The van der Waals surface area contributed by atoms with Crippen LogP contribution in [0.3, 0.4) is 0 Å². The van der Waals surface area contributed by atoms with Gasteiger partial charge in [-0.15, -0.1) is 0 Å². The highest BCUT2D eigenvalue weighted by Crippen LogP contribution is 2.62. The highest BCUT2D eigenvalue weighted by Gasteiger charge is 2.48. The summed E-state index contributed by atoms with van der Waals surface area (Å²) < 4.78 is 2.41. The van der Waals surface area contributed by atoms with Crippen LogP contribution in [0.15, 0.2) is 208 Å². The van der Waals surface area contributed by atoms with E-state index >= 15 is 0 Å². The molecule has 0 fully saturated rings. The highest BCUT2D eigenvalue weighted by atomic mass is 32.2. The van der Waals surface area contributed by atoms with E-state index in [2.05, 4.69) is 193 Å². The van der Waals surface area contributed by atoms with Crippen molar-refractivity contribution in [1.82, 2.24) is 4.57 Å². The van der Waals surface area contributed by atoms with Gasteiger partial charge in [0.2, 0.25) is 0 Å². The van der Waals surface area contributed by atoms with Gasteiger partial charge in [-0.3, -0.25) is 0 Å². The van der Waals surface area contributed by atoms with Crippen molar-refractivity contribution in [2.75, 3.05) is 0 Å². The number of nitrogens with zero attached hydrogens (tertiary/aromatic N) is 1. The number of hydrogen-bond acceptors (Lipinski definition) is 2. The molecule has 0 N–H and O–H groups in total. The normalized spacial score (nSPS) is 13.8. The lowest BCUT2D eigenvalue weighted by Gasteiger charge is -2.45. The summed E-state index contributed by atoms with van der Waals surface area (Å²) in [5, 5.41) is 2.54. The second-order valence-electron chi connectivity index (χ2n) is 13.7. The maximum absolute atomic E-state index is 2.47. The van der Waals surface area contributed by atoms with E-state index in [9.17, 15) is 0 Å². The summed E-state index contributed by atoms with van der Waals surface area (Å²) in [6, 6.07) is 69.8. The summed E-state index contributed by atoms with van der Waals surface area (Å²) in [5.41, 5.74) is 13.5. The van der Waals surface area contributed by atoms with Gasteiger partial charge in [0.1, 0.15) is 0 Å². The number of benzene rings is 8. The average Bonchev–Trinajstić information content (AvgIpc) is 3.55. The van der Waals surface area contributed by atoms with Crippen LogP contribution in [0.5, 0.6) is 0 Å². The van der Waals surface area contributed by atoms with E-state index in [1.807, 2.05) is 23.5 Å². The van der Waals surface area contributed by atoms with Gasteiger partial charge in [0.25, 0.3) is 0 Å². The Labute approximate surface area is 311 Å². The Balaban J connectivity index is 1.16. The Morgan fingerprint density at radius 3 is 1.65 bits per heavy atom. The molecule has 1 spiro atoms. The predicted molar refractivity (Wildman–Crippen MR) is 218 cm³/mol. The average molecular weight is 698 g/mol. The van der Waals surface area contributed by atoms with Crippen molar-refractivity contribution < 1.29 is 0 Å². The molecular formula is C49H31NS2. The lowest BCUT2D eigenvalue weighted by atomic mass is 9.64. The van der Waals surface area contributed by atoms with Gasteiger partial charge in [-0.05, 0) is 99.1 Å². The van der Waals surface area contributed by atoms with Crippen LogP contribution in [-0.4, -0.2) is 4.57 Å². The summed E-state index contributed by atoms with van der Waals surface area (Å²) in [5.74, 6) is 0. The van der Waals surface area contributed by atoms with Gasteiger partial charge in [-0.1, -0.05) is 157 Å². The van der Waals surface area contributed by atoms with Gasteiger partial charge in [-0.2, -0.15) is 0 Å². The SMILES string of the molecule is c1ccc(-c2ccc3c(c2)C2(c4ccccc4Sc4ccccc42)c2ccc(-c4ccc5c6ccccc6n(-c6ccccc6)c5c4)cc2S3)cc1. The molecule has 244 valence electrons. The third-order valence-electron chi connectivity index (χ3n) is 10.9. The fraction of sp³-hybridized carbons (Fsp3) is 0.0204. The molecule has 1 nitrogen and oxygen atoms in total. The first-order valence-corrected chi connectivity index (χ1v) is 19.4. The molecule has 0 amide bonds. The number of aromatic nitrogens is 1. The van der Waals surface area contributed by atoms with Crippen molar-refractivity contribution in [2.24, 2.45) is 0 Å². The molecule has 9 aromatic rings. The lowest BCUT2D eigenvalue weighted by molar-refractivity contribution is 0.667. The smallest absolute Gasteiger partial charge is 0.0745 e. The van der Waals surface area contributed by atoms with Gasteiger partial charge in [0, 0.05) is 36.0 Å². The van der Waals surface area contributed by atoms with Crippen molar-refractivity contribution in [3.63, 3.8) is 0 Å². The molecule has 2 aliphatic heterocycles. The van der Waals surface area contributed by atoms with E-state index < -0.39 is 5.41 Å². The van der Waals surface area contributed by atoms with E-state index in [0.717, 1.165) is 0 Å². The van der Waals surface area contributed by atoms with Gasteiger partial charge in [0.15, 0.2) is 0 Å². The molecule has 8 aromatic carbocycles. The molecule has 0 unspecified atom stereocenters. The van der Waals surface area contributed by atoms with Crippen LogP contribution in [0.1, 0.15) is 22.3 Å². The highest BCUT2D eigenvalue weighted by molar-refractivity contribution is 8.00. The molecule has 3 heteroatoms. The van der Waals surface area contributed by atoms with Crippen LogP contribution in [0, 0.1) is 0 Å². The quantitative estimate of drug-likeness (QED) is 0.181. The van der Waals surface area contributed by atoms with Crippen molar-refractivity contribution in [3.05, 3.63) is 210 Å². The minimum atomic E-state index is -0.457. The molecule has 0 aliphatic carbocycles. The standard InChI is InChI=1S/C49H31NS2/c1-3-13-32(14-4-1)33-25-28-47-42(29-33)49(39-18-8-11-21-45(39)51-46-22-12-9-19-40(46)49)41-27-24-35(31-48(41)52-47)34-23-26-38-37-17-7-10-20-43(37)50(44(38)30-34)36-15-5-2-6-16-36/h1-31H.